The highest BCUT2D eigenvalue weighted by atomic mass is 35.5. The quantitative estimate of drug-likeness (QED) is 0.618. The number of pyridine rings is 1. The number of halogens is 2. The summed E-state index contributed by atoms with van der Waals surface area (Å²) >= 11 is 11.2. The van der Waals surface area contributed by atoms with Gasteiger partial charge >= 0.3 is 0 Å². The molecule has 0 bridgehead atoms. The summed E-state index contributed by atoms with van der Waals surface area (Å²) in [6.45, 7) is 1.67. The first-order valence-electron chi connectivity index (χ1n) is 2.62. The van der Waals surface area contributed by atoms with E-state index < -0.39 is 0 Å². The van der Waals surface area contributed by atoms with Gasteiger partial charge in [0.1, 0.15) is 10.9 Å². The van der Waals surface area contributed by atoms with E-state index in [1.807, 2.05) is 0 Å². The van der Waals surface area contributed by atoms with E-state index in [4.69, 9.17) is 28.3 Å². The maximum absolute atomic E-state index is 9.02. The molecule has 1 rings (SSSR count). The van der Waals surface area contributed by atoms with E-state index in [1.165, 1.54) is 6.20 Å². The number of nitrogens with zero attached hydrogens (tertiary/aromatic N) is 1. The van der Waals surface area contributed by atoms with Gasteiger partial charge in [-0.3, -0.25) is 0 Å². The molecule has 1 N–H and O–H groups in total. The maximum Gasteiger partial charge on any atom is 0.148 e. The smallest absolute Gasteiger partial charge is 0.148 e. The van der Waals surface area contributed by atoms with Gasteiger partial charge < -0.3 is 5.11 Å². The molecule has 0 saturated heterocycles. The van der Waals surface area contributed by atoms with Crippen LogP contribution in [0.5, 0.6) is 5.75 Å². The second kappa shape index (κ2) is 2.64. The van der Waals surface area contributed by atoms with Gasteiger partial charge in [0.2, 0.25) is 0 Å². The minimum absolute atomic E-state index is 0.0643. The van der Waals surface area contributed by atoms with Crippen LogP contribution in [0.4, 0.5) is 0 Å². The fraction of sp³-hybridized carbons (Fsp3) is 0.167. The molecule has 4 heteroatoms. The molecule has 10 heavy (non-hydrogen) atoms. The summed E-state index contributed by atoms with van der Waals surface area (Å²) in [6.07, 6.45) is 1.27. The standard InChI is InChI=1S/C6H5Cl2NO/c1-3-4(10)2-9-6(8)5(3)7/h2,10H,1H3. The van der Waals surface area contributed by atoms with Crippen LogP contribution in [0.1, 0.15) is 5.56 Å². The highest BCUT2D eigenvalue weighted by Crippen LogP contribution is 2.28. The highest BCUT2D eigenvalue weighted by molar-refractivity contribution is 6.41. The topological polar surface area (TPSA) is 33.1 Å². The first-order valence-corrected chi connectivity index (χ1v) is 3.38. The Bertz CT molecular complexity index is 235. The van der Waals surface area contributed by atoms with E-state index in [1.54, 1.807) is 6.92 Å². The van der Waals surface area contributed by atoms with Gasteiger partial charge in [0.15, 0.2) is 0 Å². The first kappa shape index (κ1) is 7.63. The molecule has 0 unspecified atom stereocenters. The van der Waals surface area contributed by atoms with E-state index in [-0.39, 0.29) is 10.9 Å². The van der Waals surface area contributed by atoms with Crippen LogP contribution in [0, 0.1) is 6.92 Å². The molecule has 0 amide bonds. The number of rotatable bonds is 0. The number of aromatic nitrogens is 1. The Morgan fingerprint density at radius 3 is 2.60 bits per heavy atom. The number of hydrogen-bond donors (Lipinski definition) is 1. The van der Waals surface area contributed by atoms with E-state index in [9.17, 15) is 0 Å². The summed E-state index contributed by atoms with van der Waals surface area (Å²) in [6, 6.07) is 0. The Morgan fingerprint density at radius 1 is 1.50 bits per heavy atom. The molecule has 0 aromatic carbocycles. The lowest BCUT2D eigenvalue weighted by molar-refractivity contribution is 0.468. The van der Waals surface area contributed by atoms with Crippen molar-refractivity contribution in [3.05, 3.63) is 21.9 Å². The van der Waals surface area contributed by atoms with E-state index in [0.717, 1.165) is 0 Å². The van der Waals surface area contributed by atoms with Crippen LogP contribution >= 0.6 is 23.2 Å². The zero-order valence-electron chi connectivity index (χ0n) is 5.23. The van der Waals surface area contributed by atoms with E-state index in [0.29, 0.717) is 10.6 Å². The van der Waals surface area contributed by atoms with E-state index >= 15 is 0 Å². The lowest BCUT2D eigenvalue weighted by Gasteiger charge is -2.00. The Kier molecular flexibility index (Phi) is 2.02. The molecule has 0 fully saturated rings. The second-order valence-electron chi connectivity index (χ2n) is 1.87. The summed E-state index contributed by atoms with van der Waals surface area (Å²) in [5, 5.41) is 9.55. The van der Waals surface area contributed by atoms with Crippen molar-refractivity contribution in [2.45, 2.75) is 6.92 Å². The Hall–Kier alpha value is -0.470. The van der Waals surface area contributed by atoms with Crippen LogP contribution < -0.4 is 0 Å². The van der Waals surface area contributed by atoms with Crippen LogP contribution in [0.25, 0.3) is 0 Å². The van der Waals surface area contributed by atoms with Crippen LogP contribution in [0.2, 0.25) is 10.2 Å². The molecule has 1 aromatic heterocycles. The minimum Gasteiger partial charge on any atom is -0.506 e. The van der Waals surface area contributed by atoms with Crippen LogP contribution in [-0.2, 0) is 0 Å². The lowest BCUT2D eigenvalue weighted by Crippen LogP contribution is -1.81. The molecule has 0 radical (unpaired) electrons. The Balaban J connectivity index is 3.34. The third kappa shape index (κ3) is 1.18. The molecule has 0 spiro atoms. The molecule has 1 aromatic rings. The molecule has 0 aliphatic rings. The summed E-state index contributed by atoms with van der Waals surface area (Å²) in [4.78, 5) is 3.62. The number of aromatic hydroxyl groups is 1. The van der Waals surface area contributed by atoms with Gasteiger partial charge in [-0.2, -0.15) is 0 Å². The van der Waals surface area contributed by atoms with Gasteiger partial charge in [0.05, 0.1) is 11.2 Å². The van der Waals surface area contributed by atoms with Crippen molar-refractivity contribution in [3.63, 3.8) is 0 Å². The lowest BCUT2D eigenvalue weighted by atomic mass is 10.3. The third-order valence-electron chi connectivity index (χ3n) is 1.19. The molecule has 2 nitrogen and oxygen atoms in total. The van der Waals surface area contributed by atoms with Crippen molar-refractivity contribution >= 4 is 23.2 Å². The fourth-order valence-corrected chi connectivity index (χ4v) is 0.875. The van der Waals surface area contributed by atoms with Crippen LogP contribution in [0.3, 0.4) is 0 Å². The summed E-state index contributed by atoms with van der Waals surface area (Å²) < 4.78 is 0. The maximum atomic E-state index is 9.02. The molecule has 0 aliphatic heterocycles. The summed E-state index contributed by atoms with van der Waals surface area (Å²) in [5.74, 6) is 0.0643. The Labute approximate surface area is 68.4 Å². The predicted octanol–water partition coefficient (Wildman–Crippen LogP) is 2.40. The van der Waals surface area contributed by atoms with Crippen molar-refractivity contribution in [1.29, 1.82) is 0 Å². The fourth-order valence-electron chi connectivity index (χ4n) is 0.538. The summed E-state index contributed by atoms with van der Waals surface area (Å²) in [7, 11) is 0. The zero-order valence-corrected chi connectivity index (χ0v) is 6.74. The Morgan fingerprint density at radius 2 is 2.10 bits per heavy atom. The third-order valence-corrected chi connectivity index (χ3v) is 2.04. The van der Waals surface area contributed by atoms with Gasteiger partial charge in [-0.15, -0.1) is 0 Å². The SMILES string of the molecule is Cc1c(O)cnc(Cl)c1Cl. The first-order chi connectivity index (χ1) is 4.63. The van der Waals surface area contributed by atoms with Crippen molar-refractivity contribution in [2.75, 3.05) is 0 Å². The normalized spacial score (nSPS) is 9.90. The summed E-state index contributed by atoms with van der Waals surface area (Å²) in [5.41, 5.74) is 0.557. The van der Waals surface area contributed by atoms with Gasteiger partial charge in [-0.25, -0.2) is 4.98 Å². The molecule has 0 aliphatic carbocycles. The monoisotopic (exact) mass is 177 g/mol. The van der Waals surface area contributed by atoms with Crippen LogP contribution in [-0.4, -0.2) is 10.1 Å². The molecular formula is C6H5Cl2NO. The molecule has 0 atom stereocenters. The molecule has 0 saturated carbocycles. The van der Waals surface area contributed by atoms with Crippen molar-refractivity contribution in [3.8, 4) is 5.75 Å². The van der Waals surface area contributed by atoms with Gasteiger partial charge in [-0.1, -0.05) is 23.2 Å². The van der Waals surface area contributed by atoms with Crippen molar-refractivity contribution in [2.24, 2.45) is 0 Å². The largest absolute Gasteiger partial charge is 0.506 e. The highest BCUT2D eigenvalue weighted by Gasteiger charge is 2.05. The van der Waals surface area contributed by atoms with Crippen molar-refractivity contribution < 1.29 is 5.11 Å². The molecule has 54 valence electrons. The predicted molar refractivity (Wildman–Crippen MR) is 40.7 cm³/mol. The second-order valence-corrected chi connectivity index (χ2v) is 2.61. The molecular weight excluding hydrogens is 173 g/mol. The molecule has 1 heterocycles. The number of hydrogen-bond acceptors (Lipinski definition) is 2. The zero-order chi connectivity index (χ0) is 7.72. The van der Waals surface area contributed by atoms with Crippen LogP contribution in [0.15, 0.2) is 6.20 Å². The minimum atomic E-state index is 0.0643. The van der Waals surface area contributed by atoms with Crippen molar-refractivity contribution in [1.82, 2.24) is 4.98 Å². The average molecular weight is 178 g/mol. The van der Waals surface area contributed by atoms with Gasteiger partial charge in [0.25, 0.3) is 0 Å². The van der Waals surface area contributed by atoms with Gasteiger partial charge in [0, 0.05) is 5.56 Å². The van der Waals surface area contributed by atoms with Gasteiger partial charge in [-0.05, 0) is 6.92 Å². The average Bonchev–Trinajstić information content (AvgIpc) is 1.93. The van der Waals surface area contributed by atoms with E-state index in [2.05, 4.69) is 4.98 Å².